The highest BCUT2D eigenvalue weighted by atomic mass is 32.2. The van der Waals surface area contributed by atoms with Gasteiger partial charge in [0.05, 0.1) is 22.1 Å². The van der Waals surface area contributed by atoms with Gasteiger partial charge in [0.1, 0.15) is 5.65 Å². The van der Waals surface area contributed by atoms with Crippen LogP contribution in [0.5, 0.6) is 0 Å². The maximum absolute atomic E-state index is 13.2. The van der Waals surface area contributed by atoms with Gasteiger partial charge in [-0.2, -0.15) is 0 Å². The molecule has 1 aliphatic rings. The number of H-pyrrole nitrogens is 1. The molecule has 42 heavy (non-hydrogen) atoms. The Morgan fingerprint density at radius 2 is 1.55 bits per heavy atom. The molecule has 210 valence electrons. The number of nitrogens with zero attached hydrogens (tertiary/aromatic N) is 2. The molecule has 1 aliphatic heterocycles. The van der Waals surface area contributed by atoms with Gasteiger partial charge in [-0.3, -0.25) is 4.31 Å². The van der Waals surface area contributed by atoms with Crippen LogP contribution in [0.1, 0.15) is 12.0 Å². The molecule has 9 heteroatoms. The Labute approximate surface area is 244 Å². The number of hydrogen-bond donors (Lipinski definition) is 1. The lowest BCUT2D eigenvalue weighted by atomic mass is 9.92. The van der Waals surface area contributed by atoms with Crippen LogP contribution in [0.15, 0.2) is 114 Å². The number of rotatable bonds is 6. The molecule has 6 aromatic rings. The Morgan fingerprint density at radius 3 is 2.24 bits per heavy atom. The van der Waals surface area contributed by atoms with Crippen molar-refractivity contribution in [3.63, 3.8) is 0 Å². The molecule has 0 saturated carbocycles. The second-order valence-electron chi connectivity index (χ2n) is 10.5. The molecular formula is C33H27N3O4S2. The van der Waals surface area contributed by atoms with E-state index in [2.05, 4.69) is 4.98 Å². The number of pyridine rings is 1. The molecule has 0 amide bonds. The number of anilines is 1. The maximum atomic E-state index is 13.2. The average Bonchev–Trinajstić information content (AvgIpc) is 3.56. The van der Waals surface area contributed by atoms with Crippen molar-refractivity contribution in [1.29, 1.82) is 0 Å². The summed E-state index contributed by atoms with van der Waals surface area (Å²) in [4.78, 5) is 8.48. The van der Waals surface area contributed by atoms with Crippen molar-refractivity contribution in [1.82, 2.24) is 9.97 Å². The first-order chi connectivity index (χ1) is 20.3. The van der Waals surface area contributed by atoms with Gasteiger partial charge in [0.25, 0.3) is 0 Å². The Morgan fingerprint density at radius 1 is 0.833 bits per heavy atom. The molecule has 0 aliphatic carbocycles. The summed E-state index contributed by atoms with van der Waals surface area (Å²) in [7, 11) is -6.80. The zero-order chi connectivity index (χ0) is 28.9. The topological polar surface area (TPSA) is 100 Å². The second-order valence-corrected chi connectivity index (χ2v) is 14.5. The number of aromatic amines is 1. The molecule has 1 fully saturated rings. The summed E-state index contributed by atoms with van der Waals surface area (Å²) in [5, 5.41) is 1.79. The Bertz CT molecular complexity index is 2160. The highest BCUT2D eigenvalue weighted by molar-refractivity contribution is 7.93. The standard InChI is InChI=1S/C33H27N3O4S2/c37-41(38,27-10-5-2-6-11-27)22-23-12-17-30-28(20-23)32-31(25-8-3-1-4-9-25)29(21-34-33(32)35-30)24-13-15-26(16-14-24)36-18-7-19-42(36,39)40/h1-6,8-17,20-21H,7,18-19,22H2,(H,34,35). The van der Waals surface area contributed by atoms with Crippen LogP contribution in [0.2, 0.25) is 0 Å². The van der Waals surface area contributed by atoms with Crippen molar-refractivity contribution in [2.75, 3.05) is 16.6 Å². The number of benzene rings is 4. The molecule has 7 rings (SSSR count). The van der Waals surface area contributed by atoms with E-state index in [9.17, 15) is 16.8 Å². The summed E-state index contributed by atoms with van der Waals surface area (Å²) in [6, 6.07) is 31.8. The maximum Gasteiger partial charge on any atom is 0.235 e. The van der Waals surface area contributed by atoms with Crippen LogP contribution < -0.4 is 4.31 Å². The van der Waals surface area contributed by atoms with Gasteiger partial charge < -0.3 is 4.98 Å². The average molecular weight is 594 g/mol. The van der Waals surface area contributed by atoms with E-state index < -0.39 is 19.9 Å². The van der Waals surface area contributed by atoms with Crippen molar-refractivity contribution in [2.24, 2.45) is 0 Å². The fourth-order valence-electron chi connectivity index (χ4n) is 5.78. The number of sulfonamides is 1. The van der Waals surface area contributed by atoms with Gasteiger partial charge in [0.2, 0.25) is 10.0 Å². The van der Waals surface area contributed by atoms with E-state index in [-0.39, 0.29) is 11.5 Å². The van der Waals surface area contributed by atoms with E-state index in [1.807, 2.05) is 79.0 Å². The summed E-state index contributed by atoms with van der Waals surface area (Å²) >= 11 is 0. The molecule has 7 nitrogen and oxygen atoms in total. The number of fused-ring (bicyclic) bond motifs is 3. The number of nitrogens with one attached hydrogen (secondary N) is 1. The SMILES string of the molecule is O=S(=O)(Cc1ccc2[nH]c3ncc(-c4ccc(N5CCCS5(=O)=O)cc4)c(-c4ccccc4)c3c2c1)c1ccccc1. The molecule has 4 aromatic carbocycles. The van der Waals surface area contributed by atoms with E-state index in [1.54, 1.807) is 30.3 Å². The molecule has 0 radical (unpaired) electrons. The minimum atomic E-state index is -3.52. The molecule has 0 atom stereocenters. The third-order valence-corrected chi connectivity index (χ3v) is 11.3. The van der Waals surface area contributed by atoms with Gasteiger partial charge in [0, 0.05) is 40.2 Å². The van der Waals surface area contributed by atoms with Crippen LogP contribution >= 0.6 is 0 Å². The molecule has 2 aromatic heterocycles. The van der Waals surface area contributed by atoms with E-state index in [1.165, 1.54) is 4.31 Å². The molecule has 1 N–H and O–H groups in total. The summed E-state index contributed by atoms with van der Waals surface area (Å²) in [6.45, 7) is 0.488. The van der Waals surface area contributed by atoms with Gasteiger partial charge >= 0.3 is 0 Å². The van der Waals surface area contributed by atoms with Crippen molar-refractivity contribution in [3.05, 3.63) is 115 Å². The van der Waals surface area contributed by atoms with E-state index >= 15 is 0 Å². The van der Waals surface area contributed by atoms with Crippen LogP contribution in [-0.4, -0.2) is 39.1 Å². The van der Waals surface area contributed by atoms with E-state index in [4.69, 9.17) is 4.98 Å². The summed E-state index contributed by atoms with van der Waals surface area (Å²) < 4.78 is 52.7. The third kappa shape index (κ3) is 4.64. The predicted molar refractivity (Wildman–Crippen MR) is 168 cm³/mol. The molecule has 1 saturated heterocycles. The molecule has 3 heterocycles. The highest BCUT2D eigenvalue weighted by Crippen LogP contribution is 2.41. The number of sulfone groups is 1. The number of aromatic nitrogens is 2. The lowest BCUT2D eigenvalue weighted by Gasteiger charge is -2.18. The van der Waals surface area contributed by atoms with Gasteiger partial charge in [-0.25, -0.2) is 21.8 Å². The summed E-state index contributed by atoms with van der Waals surface area (Å²) in [5.41, 5.74) is 6.67. The first-order valence-electron chi connectivity index (χ1n) is 13.7. The first kappa shape index (κ1) is 26.4. The van der Waals surface area contributed by atoms with Gasteiger partial charge in [0.15, 0.2) is 9.84 Å². The van der Waals surface area contributed by atoms with Crippen LogP contribution in [0.25, 0.3) is 44.2 Å². The third-order valence-electron chi connectivity index (χ3n) is 7.77. The van der Waals surface area contributed by atoms with Crippen molar-refractivity contribution < 1.29 is 16.8 Å². The monoisotopic (exact) mass is 593 g/mol. The van der Waals surface area contributed by atoms with Crippen LogP contribution in [-0.2, 0) is 25.6 Å². The molecule has 0 unspecified atom stereocenters. The first-order valence-corrected chi connectivity index (χ1v) is 16.9. The Balaban J connectivity index is 1.39. The Kier molecular flexibility index (Phi) is 6.36. The van der Waals surface area contributed by atoms with Gasteiger partial charge in [-0.15, -0.1) is 0 Å². The van der Waals surface area contributed by atoms with Crippen molar-refractivity contribution in [3.8, 4) is 22.3 Å². The summed E-state index contributed by atoms with van der Waals surface area (Å²) in [5.74, 6) is 0.0526. The van der Waals surface area contributed by atoms with Crippen LogP contribution in [0.3, 0.4) is 0 Å². The van der Waals surface area contributed by atoms with Crippen LogP contribution in [0.4, 0.5) is 5.69 Å². The minimum Gasteiger partial charge on any atom is -0.339 e. The number of hydrogen-bond acceptors (Lipinski definition) is 5. The molecule has 0 bridgehead atoms. The normalized spacial score (nSPS) is 15.0. The fraction of sp³-hybridized carbons (Fsp3) is 0.121. The molecular weight excluding hydrogens is 567 g/mol. The Hall–Kier alpha value is -4.47. The lowest BCUT2D eigenvalue weighted by molar-refractivity contribution is 0.594. The van der Waals surface area contributed by atoms with Crippen molar-refractivity contribution >= 4 is 47.5 Å². The summed E-state index contributed by atoms with van der Waals surface area (Å²) in [6.07, 6.45) is 2.46. The smallest absolute Gasteiger partial charge is 0.235 e. The zero-order valence-electron chi connectivity index (χ0n) is 22.6. The van der Waals surface area contributed by atoms with Gasteiger partial charge in [-0.1, -0.05) is 66.7 Å². The largest absolute Gasteiger partial charge is 0.339 e. The lowest BCUT2D eigenvalue weighted by Crippen LogP contribution is -2.24. The highest BCUT2D eigenvalue weighted by Gasteiger charge is 2.28. The van der Waals surface area contributed by atoms with Gasteiger partial charge in [-0.05, 0) is 59.5 Å². The fourth-order valence-corrected chi connectivity index (χ4v) is 8.71. The zero-order valence-corrected chi connectivity index (χ0v) is 24.2. The minimum absolute atomic E-state index is 0.117. The van der Waals surface area contributed by atoms with E-state index in [0.717, 1.165) is 38.5 Å². The van der Waals surface area contributed by atoms with Crippen molar-refractivity contribution in [2.45, 2.75) is 17.1 Å². The second kappa shape index (κ2) is 10.1. The van der Waals surface area contributed by atoms with E-state index in [0.29, 0.717) is 34.8 Å². The van der Waals surface area contributed by atoms with Crippen LogP contribution in [0, 0.1) is 0 Å². The predicted octanol–water partition coefficient (Wildman–Crippen LogP) is 6.56. The quantitative estimate of drug-likeness (QED) is 0.236. The molecule has 0 spiro atoms.